The molecule has 0 radical (unpaired) electrons. The third-order valence-corrected chi connectivity index (χ3v) is 4.96. The van der Waals surface area contributed by atoms with Gasteiger partial charge in [-0.15, -0.1) is 11.6 Å². The van der Waals surface area contributed by atoms with Gasteiger partial charge in [-0.25, -0.2) is 0 Å². The number of hydrogen-bond acceptors (Lipinski definition) is 0. The minimum Gasteiger partial charge on any atom is -0.126 e. The van der Waals surface area contributed by atoms with Gasteiger partial charge < -0.3 is 0 Å². The SMILES string of the molecule is Cc1cccc(CC(CCl)C[Si](C)(C)C)c1. The van der Waals surface area contributed by atoms with Crippen molar-refractivity contribution in [2.45, 2.75) is 39.0 Å². The summed E-state index contributed by atoms with van der Waals surface area (Å²) in [7, 11) is -0.993. The Balaban J connectivity index is 2.63. The molecule has 1 aromatic carbocycles. The van der Waals surface area contributed by atoms with E-state index in [4.69, 9.17) is 11.6 Å². The van der Waals surface area contributed by atoms with Crippen molar-refractivity contribution in [1.82, 2.24) is 0 Å². The highest BCUT2D eigenvalue weighted by Gasteiger charge is 2.20. The zero-order valence-electron chi connectivity index (χ0n) is 10.9. The molecule has 2 heteroatoms. The average Bonchev–Trinajstić information content (AvgIpc) is 2.14. The van der Waals surface area contributed by atoms with Gasteiger partial charge in [-0.05, 0) is 24.8 Å². The number of aryl methyl sites for hydroxylation is 1. The Morgan fingerprint density at radius 1 is 1.25 bits per heavy atom. The minimum absolute atomic E-state index is 0.648. The van der Waals surface area contributed by atoms with Crippen LogP contribution in [0.15, 0.2) is 24.3 Å². The summed E-state index contributed by atoms with van der Waals surface area (Å²) >= 11 is 6.09. The molecule has 0 saturated heterocycles. The first-order valence-corrected chi connectivity index (χ1v) is 10.3. The van der Waals surface area contributed by atoms with Gasteiger partial charge >= 0.3 is 0 Å². The summed E-state index contributed by atoms with van der Waals surface area (Å²) in [6, 6.07) is 10.1. The molecule has 0 aliphatic carbocycles. The first kappa shape index (κ1) is 13.8. The van der Waals surface area contributed by atoms with Crippen molar-refractivity contribution in [1.29, 1.82) is 0 Å². The zero-order chi connectivity index (χ0) is 12.2. The molecule has 90 valence electrons. The Kier molecular flexibility index (Phi) is 5.07. The predicted molar refractivity (Wildman–Crippen MR) is 77.2 cm³/mol. The molecule has 1 atom stereocenters. The molecule has 1 unspecified atom stereocenters. The van der Waals surface area contributed by atoms with Crippen LogP contribution in [-0.4, -0.2) is 14.0 Å². The normalized spacial score (nSPS) is 13.8. The van der Waals surface area contributed by atoms with Crippen molar-refractivity contribution in [3.05, 3.63) is 35.4 Å². The van der Waals surface area contributed by atoms with Crippen LogP contribution in [0.2, 0.25) is 25.7 Å². The second-order valence-electron chi connectivity index (χ2n) is 5.98. The molecule has 0 N–H and O–H groups in total. The lowest BCUT2D eigenvalue weighted by molar-refractivity contribution is 0.643. The number of halogens is 1. The van der Waals surface area contributed by atoms with Crippen LogP contribution < -0.4 is 0 Å². The molecule has 0 heterocycles. The summed E-state index contributed by atoms with van der Waals surface area (Å²) < 4.78 is 0. The molecule has 0 nitrogen and oxygen atoms in total. The summed E-state index contributed by atoms with van der Waals surface area (Å²) in [4.78, 5) is 0. The summed E-state index contributed by atoms with van der Waals surface area (Å²) in [5.41, 5.74) is 2.78. The van der Waals surface area contributed by atoms with E-state index in [0.29, 0.717) is 5.92 Å². The Bertz CT molecular complexity index is 328. The van der Waals surface area contributed by atoms with E-state index in [-0.39, 0.29) is 0 Å². The number of alkyl halides is 1. The van der Waals surface area contributed by atoms with E-state index in [1.165, 1.54) is 17.2 Å². The molecule has 0 aliphatic rings. The highest BCUT2D eigenvalue weighted by molar-refractivity contribution is 6.76. The van der Waals surface area contributed by atoms with Crippen LogP contribution in [-0.2, 0) is 6.42 Å². The van der Waals surface area contributed by atoms with Gasteiger partial charge in [0.1, 0.15) is 0 Å². The third kappa shape index (κ3) is 5.18. The first-order valence-electron chi connectivity index (χ1n) is 6.02. The molecular weight excluding hydrogens is 232 g/mol. The smallest absolute Gasteiger partial charge is 0.0445 e. The Hall–Kier alpha value is -0.273. The maximum Gasteiger partial charge on any atom is 0.0445 e. The largest absolute Gasteiger partial charge is 0.126 e. The molecule has 0 bridgehead atoms. The van der Waals surface area contributed by atoms with E-state index < -0.39 is 8.07 Å². The van der Waals surface area contributed by atoms with Gasteiger partial charge in [0, 0.05) is 14.0 Å². The molecule has 1 aromatic rings. The van der Waals surface area contributed by atoms with Gasteiger partial charge in [-0.2, -0.15) is 0 Å². The molecule has 0 fully saturated rings. The standard InChI is InChI=1S/C14H23ClSi/c1-12-6-5-7-13(8-12)9-14(10-15)11-16(2,3)4/h5-8,14H,9-11H2,1-4H3. The van der Waals surface area contributed by atoms with Crippen molar-refractivity contribution in [2.24, 2.45) is 5.92 Å². The summed E-state index contributed by atoms with van der Waals surface area (Å²) in [5, 5.41) is 0. The average molecular weight is 255 g/mol. The highest BCUT2D eigenvalue weighted by Crippen LogP contribution is 2.22. The van der Waals surface area contributed by atoms with Crippen molar-refractivity contribution >= 4 is 19.7 Å². The Morgan fingerprint density at radius 2 is 1.94 bits per heavy atom. The Labute approximate surface area is 106 Å². The van der Waals surface area contributed by atoms with Crippen LogP contribution >= 0.6 is 11.6 Å². The van der Waals surface area contributed by atoms with E-state index in [1.54, 1.807) is 0 Å². The lowest BCUT2D eigenvalue weighted by Gasteiger charge is -2.23. The van der Waals surface area contributed by atoms with E-state index in [1.807, 2.05) is 0 Å². The van der Waals surface area contributed by atoms with Crippen LogP contribution in [0.4, 0.5) is 0 Å². The summed E-state index contributed by atoms with van der Waals surface area (Å²) in [6.07, 6.45) is 1.13. The number of rotatable bonds is 5. The van der Waals surface area contributed by atoms with Crippen molar-refractivity contribution in [3.8, 4) is 0 Å². The van der Waals surface area contributed by atoms with Crippen LogP contribution in [0.25, 0.3) is 0 Å². The minimum atomic E-state index is -0.993. The lowest BCUT2D eigenvalue weighted by atomic mass is 10.0. The van der Waals surface area contributed by atoms with Gasteiger partial charge in [-0.1, -0.05) is 55.5 Å². The fourth-order valence-corrected chi connectivity index (χ4v) is 4.64. The molecule has 0 spiro atoms. The Morgan fingerprint density at radius 3 is 2.44 bits per heavy atom. The van der Waals surface area contributed by atoms with E-state index >= 15 is 0 Å². The lowest BCUT2D eigenvalue weighted by Crippen LogP contribution is -2.25. The second kappa shape index (κ2) is 5.88. The topological polar surface area (TPSA) is 0 Å². The summed E-state index contributed by atoms with van der Waals surface area (Å²) in [6.45, 7) is 9.41. The second-order valence-corrected chi connectivity index (χ2v) is 11.8. The van der Waals surface area contributed by atoms with Crippen molar-refractivity contribution < 1.29 is 0 Å². The summed E-state index contributed by atoms with van der Waals surface area (Å²) in [5.74, 6) is 1.44. The van der Waals surface area contributed by atoms with Crippen LogP contribution in [0.3, 0.4) is 0 Å². The molecule has 16 heavy (non-hydrogen) atoms. The quantitative estimate of drug-likeness (QED) is 0.526. The van der Waals surface area contributed by atoms with Gasteiger partial charge in [0.15, 0.2) is 0 Å². The van der Waals surface area contributed by atoms with E-state index in [0.717, 1.165) is 12.3 Å². The maximum absolute atomic E-state index is 6.09. The monoisotopic (exact) mass is 254 g/mol. The van der Waals surface area contributed by atoms with Gasteiger partial charge in [0.25, 0.3) is 0 Å². The zero-order valence-corrected chi connectivity index (χ0v) is 12.6. The van der Waals surface area contributed by atoms with Gasteiger partial charge in [0.05, 0.1) is 0 Å². The van der Waals surface area contributed by atoms with Crippen LogP contribution in [0.5, 0.6) is 0 Å². The highest BCUT2D eigenvalue weighted by atomic mass is 35.5. The molecule has 0 saturated carbocycles. The van der Waals surface area contributed by atoms with Gasteiger partial charge in [-0.3, -0.25) is 0 Å². The van der Waals surface area contributed by atoms with Crippen molar-refractivity contribution in [3.63, 3.8) is 0 Å². The fraction of sp³-hybridized carbons (Fsp3) is 0.571. The molecule has 0 amide bonds. The molecular formula is C14H23ClSi. The number of hydrogen-bond donors (Lipinski definition) is 0. The van der Waals surface area contributed by atoms with E-state index in [9.17, 15) is 0 Å². The van der Waals surface area contributed by atoms with Crippen LogP contribution in [0, 0.1) is 12.8 Å². The molecule has 1 rings (SSSR count). The van der Waals surface area contributed by atoms with Gasteiger partial charge in [0.2, 0.25) is 0 Å². The first-order chi connectivity index (χ1) is 7.40. The molecule has 0 aromatic heterocycles. The predicted octanol–water partition coefficient (Wildman–Crippen LogP) is 4.73. The third-order valence-electron chi connectivity index (χ3n) is 2.73. The van der Waals surface area contributed by atoms with Crippen molar-refractivity contribution in [2.75, 3.05) is 5.88 Å². The van der Waals surface area contributed by atoms with E-state index in [2.05, 4.69) is 50.8 Å². The molecule has 0 aliphatic heterocycles. The number of benzene rings is 1. The maximum atomic E-state index is 6.09. The van der Waals surface area contributed by atoms with Crippen LogP contribution in [0.1, 0.15) is 11.1 Å². The fourth-order valence-electron chi connectivity index (χ4n) is 2.22.